The lowest BCUT2D eigenvalue weighted by atomic mass is 9.88. The molecule has 0 heterocycles. The standard InChI is InChI=1S/C27H32/c1-4-10-23-13-8-15-26(19-23)22(3)18-25-14-9-16-27(20-25)21(2)17-24-11-6-5-7-12-24/h5-9,11-16,19-22H,4,10,17-18H2,1-3H3. The Labute approximate surface area is 165 Å². The molecule has 3 rings (SSSR count). The van der Waals surface area contributed by atoms with Gasteiger partial charge in [0, 0.05) is 0 Å². The Bertz CT molecular complexity index is 831. The molecular weight excluding hydrogens is 324 g/mol. The lowest BCUT2D eigenvalue weighted by molar-refractivity contribution is 0.738. The highest BCUT2D eigenvalue weighted by atomic mass is 14.2. The number of aryl methyl sites for hydroxylation is 1. The molecule has 0 nitrogen and oxygen atoms in total. The maximum atomic E-state index is 2.42. The van der Waals surface area contributed by atoms with Crippen LogP contribution in [0, 0.1) is 0 Å². The van der Waals surface area contributed by atoms with Crippen LogP contribution in [0.1, 0.15) is 66.8 Å². The zero-order valence-corrected chi connectivity index (χ0v) is 17.0. The molecule has 140 valence electrons. The monoisotopic (exact) mass is 356 g/mol. The van der Waals surface area contributed by atoms with Crippen molar-refractivity contribution in [3.63, 3.8) is 0 Å². The maximum absolute atomic E-state index is 2.42. The van der Waals surface area contributed by atoms with E-state index < -0.39 is 0 Å². The van der Waals surface area contributed by atoms with Crippen molar-refractivity contribution in [2.24, 2.45) is 0 Å². The van der Waals surface area contributed by atoms with E-state index in [1.165, 1.54) is 40.7 Å². The molecule has 2 unspecified atom stereocenters. The Kier molecular flexibility index (Phi) is 6.87. The number of hydrogen-bond donors (Lipinski definition) is 0. The van der Waals surface area contributed by atoms with Crippen LogP contribution in [-0.4, -0.2) is 0 Å². The van der Waals surface area contributed by atoms with Crippen molar-refractivity contribution in [3.05, 3.63) is 107 Å². The average molecular weight is 357 g/mol. The summed E-state index contributed by atoms with van der Waals surface area (Å²) in [6, 6.07) is 29.2. The summed E-state index contributed by atoms with van der Waals surface area (Å²) in [6.07, 6.45) is 4.58. The van der Waals surface area contributed by atoms with Crippen LogP contribution >= 0.6 is 0 Å². The van der Waals surface area contributed by atoms with Crippen LogP contribution in [0.4, 0.5) is 0 Å². The summed E-state index contributed by atoms with van der Waals surface area (Å²) in [6.45, 7) is 6.94. The topological polar surface area (TPSA) is 0 Å². The minimum absolute atomic E-state index is 0.538. The van der Waals surface area contributed by atoms with Gasteiger partial charge in [-0.3, -0.25) is 0 Å². The predicted molar refractivity (Wildman–Crippen MR) is 118 cm³/mol. The molecule has 2 atom stereocenters. The van der Waals surface area contributed by atoms with E-state index in [0.717, 1.165) is 12.8 Å². The summed E-state index contributed by atoms with van der Waals surface area (Å²) in [7, 11) is 0. The summed E-state index contributed by atoms with van der Waals surface area (Å²) in [5, 5.41) is 0. The van der Waals surface area contributed by atoms with Crippen molar-refractivity contribution in [2.45, 2.75) is 58.3 Å². The molecule has 0 fully saturated rings. The SMILES string of the molecule is CCCc1cccc(C(C)Cc2cccc(C(C)Cc3ccccc3)c2)c1. The second-order valence-electron chi connectivity index (χ2n) is 7.94. The van der Waals surface area contributed by atoms with E-state index in [-0.39, 0.29) is 0 Å². The lowest BCUT2D eigenvalue weighted by Crippen LogP contribution is -2.02. The summed E-state index contributed by atoms with van der Waals surface area (Å²) in [5.41, 5.74) is 7.23. The second-order valence-corrected chi connectivity index (χ2v) is 7.94. The zero-order valence-electron chi connectivity index (χ0n) is 17.0. The smallest absolute Gasteiger partial charge is 0.0150 e. The third-order valence-corrected chi connectivity index (χ3v) is 5.51. The molecule has 0 saturated carbocycles. The summed E-state index contributed by atoms with van der Waals surface area (Å²) in [4.78, 5) is 0. The third-order valence-electron chi connectivity index (χ3n) is 5.51. The molecule has 0 aliphatic carbocycles. The molecule has 0 amide bonds. The average Bonchev–Trinajstić information content (AvgIpc) is 2.69. The van der Waals surface area contributed by atoms with Gasteiger partial charge in [0.25, 0.3) is 0 Å². The van der Waals surface area contributed by atoms with Crippen LogP contribution in [0.5, 0.6) is 0 Å². The summed E-state index contributed by atoms with van der Waals surface area (Å²) < 4.78 is 0. The molecule has 0 N–H and O–H groups in total. The molecule has 0 aliphatic rings. The van der Waals surface area contributed by atoms with Crippen LogP contribution in [0.15, 0.2) is 78.9 Å². The molecule has 0 saturated heterocycles. The zero-order chi connectivity index (χ0) is 19.1. The van der Waals surface area contributed by atoms with Gasteiger partial charge in [0.2, 0.25) is 0 Å². The van der Waals surface area contributed by atoms with E-state index in [2.05, 4.69) is 99.6 Å². The Morgan fingerprint density at radius 2 is 1.11 bits per heavy atom. The van der Waals surface area contributed by atoms with Crippen LogP contribution < -0.4 is 0 Å². The van der Waals surface area contributed by atoms with E-state index in [4.69, 9.17) is 0 Å². The summed E-state index contributed by atoms with van der Waals surface area (Å²) >= 11 is 0. The number of benzene rings is 3. The van der Waals surface area contributed by atoms with Gasteiger partial charge in [0.05, 0.1) is 0 Å². The Morgan fingerprint density at radius 1 is 0.593 bits per heavy atom. The molecule has 0 heteroatoms. The highest BCUT2D eigenvalue weighted by Gasteiger charge is 2.11. The molecular formula is C27H32. The lowest BCUT2D eigenvalue weighted by Gasteiger charge is -2.16. The Balaban J connectivity index is 1.69. The first kappa shape index (κ1) is 19.4. The molecule has 0 bridgehead atoms. The largest absolute Gasteiger partial charge is 0.0651 e. The minimum atomic E-state index is 0.538. The third kappa shape index (κ3) is 5.57. The highest BCUT2D eigenvalue weighted by molar-refractivity contribution is 5.32. The minimum Gasteiger partial charge on any atom is -0.0651 e. The first-order valence-electron chi connectivity index (χ1n) is 10.4. The van der Waals surface area contributed by atoms with Gasteiger partial charge in [0.1, 0.15) is 0 Å². The first-order chi connectivity index (χ1) is 13.2. The highest BCUT2D eigenvalue weighted by Crippen LogP contribution is 2.25. The number of hydrogen-bond acceptors (Lipinski definition) is 0. The molecule has 0 radical (unpaired) electrons. The number of rotatable bonds is 8. The van der Waals surface area contributed by atoms with Crippen molar-refractivity contribution in [1.29, 1.82) is 0 Å². The molecule has 27 heavy (non-hydrogen) atoms. The fourth-order valence-corrected chi connectivity index (χ4v) is 3.93. The van der Waals surface area contributed by atoms with Gasteiger partial charge in [-0.05, 0) is 58.9 Å². The van der Waals surface area contributed by atoms with Crippen LogP contribution in [0.25, 0.3) is 0 Å². The Hall–Kier alpha value is -2.34. The van der Waals surface area contributed by atoms with Gasteiger partial charge in [-0.2, -0.15) is 0 Å². The maximum Gasteiger partial charge on any atom is -0.0150 e. The van der Waals surface area contributed by atoms with Gasteiger partial charge in [-0.1, -0.05) is 106 Å². The van der Waals surface area contributed by atoms with Crippen molar-refractivity contribution in [1.82, 2.24) is 0 Å². The fourth-order valence-electron chi connectivity index (χ4n) is 3.93. The van der Waals surface area contributed by atoms with Crippen molar-refractivity contribution in [3.8, 4) is 0 Å². The quantitative estimate of drug-likeness (QED) is 0.396. The first-order valence-corrected chi connectivity index (χ1v) is 10.4. The molecule has 3 aromatic carbocycles. The van der Waals surface area contributed by atoms with Gasteiger partial charge >= 0.3 is 0 Å². The van der Waals surface area contributed by atoms with E-state index in [1.54, 1.807) is 0 Å². The predicted octanol–water partition coefficient (Wildman–Crippen LogP) is 7.33. The summed E-state index contributed by atoms with van der Waals surface area (Å²) in [5.74, 6) is 1.08. The molecule has 3 aromatic rings. The molecule has 0 aliphatic heterocycles. The van der Waals surface area contributed by atoms with Gasteiger partial charge in [-0.15, -0.1) is 0 Å². The van der Waals surface area contributed by atoms with E-state index in [9.17, 15) is 0 Å². The second kappa shape index (κ2) is 9.55. The van der Waals surface area contributed by atoms with Gasteiger partial charge in [0.15, 0.2) is 0 Å². The van der Waals surface area contributed by atoms with Gasteiger partial charge in [-0.25, -0.2) is 0 Å². The Morgan fingerprint density at radius 3 is 1.74 bits per heavy atom. The van der Waals surface area contributed by atoms with Crippen molar-refractivity contribution >= 4 is 0 Å². The molecule has 0 aromatic heterocycles. The van der Waals surface area contributed by atoms with E-state index in [1.807, 2.05) is 0 Å². The normalized spacial score (nSPS) is 13.3. The van der Waals surface area contributed by atoms with Gasteiger partial charge < -0.3 is 0 Å². The molecule has 0 spiro atoms. The van der Waals surface area contributed by atoms with Crippen LogP contribution in [0.2, 0.25) is 0 Å². The fraction of sp³-hybridized carbons (Fsp3) is 0.333. The van der Waals surface area contributed by atoms with Crippen LogP contribution in [-0.2, 0) is 19.3 Å². The van der Waals surface area contributed by atoms with E-state index >= 15 is 0 Å². The van der Waals surface area contributed by atoms with Crippen molar-refractivity contribution in [2.75, 3.05) is 0 Å². The van der Waals surface area contributed by atoms with Crippen LogP contribution in [0.3, 0.4) is 0 Å². The van der Waals surface area contributed by atoms with E-state index in [0.29, 0.717) is 11.8 Å². The van der Waals surface area contributed by atoms with Crippen molar-refractivity contribution < 1.29 is 0 Å².